The van der Waals surface area contributed by atoms with E-state index in [0.29, 0.717) is 11.6 Å². The van der Waals surface area contributed by atoms with Gasteiger partial charge in [-0.05, 0) is 37.4 Å². The first kappa shape index (κ1) is 19.7. The first-order valence-corrected chi connectivity index (χ1v) is 10.5. The lowest BCUT2D eigenvalue weighted by molar-refractivity contribution is -0.115. The van der Waals surface area contributed by atoms with Crippen LogP contribution in [0.25, 0.3) is 0 Å². The first-order valence-electron chi connectivity index (χ1n) is 7.80. The predicted octanol–water partition coefficient (Wildman–Crippen LogP) is 3.78. The van der Waals surface area contributed by atoms with E-state index >= 15 is 0 Å². The lowest BCUT2D eigenvalue weighted by Crippen LogP contribution is -2.31. The average molecular weight is 405 g/mol. The van der Waals surface area contributed by atoms with Crippen LogP contribution in [0.15, 0.2) is 21.9 Å². The second-order valence-corrected chi connectivity index (χ2v) is 8.78. The minimum atomic E-state index is -0.0338. The van der Waals surface area contributed by atoms with Crippen LogP contribution in [-0.2, 0) is 11.2 Å². The molecule has 2 aromatic heterocycles. The zero-order valence-corrected chi connectivity index (χ0v) is 16.5. The van der Waals surface area contributed by atoms with Crippen LogP contribution in [0, 0.1) is 0 Å². The van der Waals surface area contributed by atoms with Gasteiger partial charge in [0, 0.05) is 17.2 Å². The molecule has 1 aliphatic rings. The van der Waals surface area contributed by atoms with Crippen molar-refractivity contribution in [1.82, 2.24) is 15.1 Å². The summed E-state index contributed by atoms with van der Waals surface area (Å²) in [7, 11) is 0. The van der Waals surface area contributed by atoms with E-state index in [1.54, 1.807) is 23.1 Å². The Morgan fingerprint density at radius 1 is 1.29 bits per heavy atom. The normalized spacial score (nSPS) is 15.0. The summed E-state index contributed by atoms with van der Waals surface area (Å²) in [5.41, 5.74) is 0. The molecule has 0 bridgehead atoms. The molecule has 0 radical (unpaired) electrons. The molecule has 1 aliphatic heterocycles. The number of nitrogens with one attached hydrogen (secondary N) is 1. The van der Waals surface area contributed by atoms with Gasteiger partial charge in [0.25, 0.3) is 0 Å². The molecule has 1 fully saturated rings. The van der Waals surface area contributed by atoms with E-state index in [1.807, 2.05) is 17.5 Å². The smallest absolute Gasteiger partial charge is 0.231 e. The maximum atomic E-state index is 11.9. The molecule has 9 heteroatoms. The molecular formula is C15H21ClN4OS3. The van der Waals surface area contributed by atoms with Gasteiger partial charge in [-0.25, -0.2) is 0 Å². The largest absolute Gasteiger partial charge is 0.303 e. The maximum Gasteiger partial charge on any atom is 0.231 e. The Hall–Kier alpha value is -0.670. The van der Waals surface area contributed by atoms with Gasteiger partial charge in [-0.2, -0.15) is 0 Å². The van der Waals surface area contributed by atoms with Crippen LogP contribution in [-0.4, -0.2) is 46.4 Å². The SMILES string of the molecule is Cl.O=C(Cc1cccs1)Nc1nnc(SCCN2CCCCC2)s1. The Balaban J connectivity index is 0.00000208. The van der Waals surface area contributed by atoms with Crippen molar-refractivity contribution in [3.63, 3.8) is 0 Å². The average Bonchev–Trinajstić information content (AvgIpc) is 3.20. The fourth-order valence-electron chi connectivity index (χ4n) is 2.50. The summed E-state index contributed by atoms with van der Waals surface area (Å²) in [5.74, 6) is 0.992. The number of hydrogen-bond acceptors (Lipinski definition) is 7. The van der Waals surface area contributed by atoms with Crippen LogP contribution in [0.3, 0.4) is 0 Å². The number of carbonyl (C=O) groups excluding carboxylic acids is 1. The molecule has 0 saturated carbocycles. The third-order valence-corrected chi connectivity index (χ3v) is 6.48. The topological polar surface area (TPSA) is 58.1 Å². The van der Waals surface area contributed by atoms with Crippen LogP contribution in [0.5, 0.6) is 0 Å². The Kier molecular flexibility index (Phi) is 8.48. The molecule has 24 heavy (non-hydrogen) atoms. The minimum absolute atomic E-state index is 0. The van der Waals surface area contributed by atoms with Gasteiger partial charge in [0.1, 0.15) is 0 Å². The molecule has 1 amide bonds. The monoisotopic (exact) mass is 404 g/mol. The summed E-state index contributed by atoms with van der Waals surface area (Å²) < 4.78 is 0.924. The second-order valence-electron chi connectivity index (χ2n) is 5.43. The van der Waals surface area contributed by atoms with Crippen molar-refractivity contribution in [2.75, 3.05) is 30.7 Å². The molecule has 0 aliphatic carbocycles. The first-order chi connectivity index (χ1) is 11.3. The van der Waals surface area contributed by atoms with Crippen molar-refractivity contribution >= 4 is 57.9 Å². The van der Waals surface area contributed by atoms with E-state index < -0.39 is 0 Å². The number of carbonyl (C=O) groups is 1. The zero-order chi connectivity index (χ0) is 15.9. The van der Waals surface area contributed by atoms with Crippen molar-refractivity contribution in [1.29, 1.82) is 0 Å². The molecule has 1 N–H and O–H groups in total. The number of thioether (sulfide) groups is 1. The number of halogens is 1. The molecule has 1 saturated heterocycles. The van der Waals surface area contributed by atoms with Gasteiger partial charge in [-0.15, -0.1) is 33.9 Å². The zero-order valence-electron chi connectivity index (χ0n) is 13.3. The van der Waals surface area contributed by atoms with Crippen LogP contribution >= 0.6 is 46.8 Å². The molecule has 2 aromatic rings. The number of aromatic nitrogens is 2. The van der Waals surface area contributed by atoms with Gasteiger partial charge in [-0.1, -0.05) is 35.6 Å². The summed E-state index contributed by atoms with van der Waals surface area (Å²) >= 11 is 4.76. The fourth-order valence-corrected chi connectivity index (χ4v) is 5.04. The summed E-state index contributed by atoms with van der Waals surface area (Å²) in [5, 5.41) is 13.6. The van der Waals surface area contributed by atoms with Crippen LogP contribution < -0.4 is 5.32 Å². The molecule has 0 unspecified atom stereocenters. The molecule has 0 aromatic carbocycles. The number of amides is 1. The lowest BCUT2D eigenvalue weighted by Gasteiger charge is -2.25. The number of hydrogen-bond donors (Lipinski definition) is 1. The standard InChI is InChI=1S/C15H20N4OS3.ClH/c20-13(11-12-5-4-9-21-12)16-14-17-18-15(23-14)22-10-8-19-6-2-1-3-7-19;/h4-5,9H,1-3,6-8,10-11H2,(H,16,17,20);1H. The van der Waals surface area contributed by atoms with Gasteiger partial charge < -0.3 is 10.2 Å². The van der Waals surface area contributed by atoms with Crippen molar-refractivity contribution < 1.29 is 4.79 Å². The number of nitrogens with zero attached hydrogens (tertiary/aromatic N) is 3. The summed E-state index contributed by atoms with van der Waals surface area (Å²) in [4.78, 5) is 15.5. The van der Waals surface area contributed by atoms with Crippen molar-refractivity contribution in [3.8, 4) is 0 Å². The molecule has 132 valence electrons. The van der Waals surface area contributed by atoms with Gasteiger partial charge in [0.2, 0.25) is 11.0 Å². The number of rotatable bonds is 7. The third-order valence-electron chi connectivity index (χ3n) is 3.65. The van der Waals surface area contributed by atoms with Crippen LogP contribution in [0.2, 0.25) is 0 Å². The second kappa shape index (κ2) is 10.4. The highest BCUT2D eigenvalue weighted by molar-refractivity contribution is 8.01. The third kappa shape index (κ3) is 6.33. The van der Waals surface area contributed by atoms with Gasteiger partial charge in [0.15, 0.2) is 4.34 Å². The van der Waals surface area contributed by atoms with Gasteiger partial charge in [-0.3, -0.25) is 4.79 Å². The summed E-state index contributed by atoms with van der Waals surface area (Å²) in [6, 6.07) is 3.92. The van der Waals surface area contributed by atoms with E-state index in [2.05, 4.69) is 20.4 Å². The Morgan fingerprint density at radius 2 is 2.12 bits per heavy atom. The number of anilines is 1. The van der Waals surface area contributed by atoms with Crippen LogP contribution in [0.1, 0.15) is 24.1 Å². The maximum absolute atomic E-state index is 11.9. The molecule has 5 nitrogen and oxygen atoms in total. The van der Waals surface area contributed by atoms with E-state index in [-0.39, 0.29) is 18.3 Å². The number of piperidine rings is 1. The quantitative estimate of drug-likeness (QED) is 0.562. The van der Waals surface area contributed by atoms with Crippen molar-refractivity contribution in [3.05, 3.63) is 22.4 Å². The Labute approximate surface area is 160 Å². The van der Waals surface area contributed by atoms with Gasteiger partial charge >= 0.3 is 0 Å². The minimum Gasteiger partial charge on any atom is -0.303 e. The highest BCUT2D eigenvalue weighted by Crippen LogP contribution is 2.26. The molecule has 3 heterocycles. The highest BCUT2D eigenvalue weighted by atomic mass is 35.5. The van der Waals surface area contributed by atoms with E-state index in [1.165, 1.54) is 43.7 Å². The van der Waals surface area contributed by atoms with Crippen molar-refractivity contribution in [2.45, 2.75) is 30.0 Å². The molecule has 0 atom stereocenters. The van der Waals surface area contributed by atoms with E-state index in [4.69, 9.17) is 0 Å². The summed E-state index contributed by atoms with van der Waals surface area (Å²) in [6.07, 6.45) is 4.41. The predicted molar refractivity (Wildman–Crippen MR) is 105 cm³/mol. The fraction of sp³-hybridized carbons (Fsp3) is 0.533. The lowest BCUT2D eigenvalue weighted by atomic mass is 10.1. The van der Waals surface area contributed by atoms with E-state index in [0.717, 1.165) is 21.5 Å². The van der Waals surface area contributed by atoms with Gasteiger partial charge in [0.05, 0.1) is 6.42 Å². The molecule has 3 rings (SSSR count). The number of likely N-dealkylation sites (tertiary alicyclic amines) is 1. The molecular weight excluding hydrogens is 384 g/mol. The summed E-state index contributed by atoms with van der Waals surface area (Å²) in [6.45, 7) is 3.55. The van der Waals surface area contributed by atoms with Crippen molar-refractivity contribution in [2.24, 2.45) is 0 Å². The Morgan fingerprint density at radius 3 is 2.88 bits per heavy atom. The number of thiophene rings is 1. The Bertz CT molecular complexity index is 614. The highest BCUT2D eigenvalue weighted by Gasteiger charge is 2.12. The van der Waals surface area contributed by atoms with Crippen LogP contribution in [0.4, 0.5) is 5.13 Å². The molecule has 0 spiro atoms. The van der Waals surface area contributed by atoms with E-state index in [9.17, 15) is 4.79 Å².